The van der Waals surface area contributed by atoms with E-state index in [9.17, 15) is 14.7 Å². The van der Waals surface area contributed by atoms with Gasteiger partial charge in [-0.3, -0.25) is 19.0 Å². The number of hydrogen-bond acceptors (Lipinski definition) is 5. The molecule has 2 aromatic heterocycles. The van der Waals surface area contributed by atoms with Gasteiger partial charge in [-0.05, 0) is 26.7 Å². The Bertz CT molecular complexity index is 873. The second-order valence-corrected chi connectivity index (χ2v) is 7.17. The first-order chi connectivity index (χ1) is 13.0. The van der Waals surface area contributed by atoms with E-state index in [4.69, 9.17) is 4.74 Å². The fourth-order valence-corrected chi connectivity index (χ4v) is 4.20. The smallest absolute Gasteiger partial charge is 0.310 e. The molecule has 0 unspecified atom stereocenters. The number of carbonyl (C=O) groups excluding carboxylic acids is 1. The van der Waals surface area contributed by atoms with Crippen molar-refractivity contribution in [3.8, 4) is 0 Å². The topological polar surface area (TPSA) is 111 Å². The Balaban J connectivity index is 1.44. The van der Waals surface area contributed by atoms with Gasteiger partial charge in [0.25, 0.3) is 0 Å². The molecular formula is C18H23N5O4. The lowest BCUT2D eigenvalue weighted by molar-refractivity contribution is -0.147. The minimum atomic E-state index is -0.971. The molecule has 0 aromatic carbocycles. The maximum Gasteiger partial charge on any atom is 0.310 e. The lowest BCUT2D eigenvalue weighted by Gasteiger charge is -2.23. The molecule has 0 aliphatic carbocycles. The minimum absolute atomic E-state index is 0.311. The van der Waals surface area contributed by atoms with Gasteiger partial charge in [0.1, 0.15) is 0 Å². The molecule has 4 atom stereocenters. The summed E-state index contributed by atoms with van der Waals surface area (Å²) in [6, 6.07) is 0. The SMILES string of the molecule is CCn1ncc(Cn2cc(NC(=O)[C@H]3[C@H](C(=O)O)[C@H]4CC[C@H]3O4)cn2)c1C. The Hall–Kier alpha value is -2.68. The zero-order chi connectivity index (χ0) is 19.1. The van der Waals surface area contributed by atoms with Crippen molar-refractivity contribution >= 4 is 17.6 Å². The predicted molar refractivity (Wildman–Crippen MR) is 95.1 cm³/mol. The van der Waals surface area contributed by atoms with Crippen LogP contribution in [0.1, 0.15) is 31.0 Å². The van der Waals surface area contributed by atoms with Gasteiger partial charge in [0.2, 0.25) is 5.91 Å². The van der Waals surface area contributed by atoms with Crippen molar-refractivity contribution in [3.05, 3.63) is 29.8 Å². The first-order valence-corrected chi connectivity index (χ1v) is 9.20. The van der Waals surface area contributed by atoms with Gasteiger partial charge in [-0.25, -0.2) is 0 Å². The molecule has 2 saturated heterocycles. The molecule has 2 N–H and O–H groups in total. The molecule has 2 bridgehead atoms. The molecule has 4 rings (SSSR count). The number of aromatic nitrogens is 4. The Morgan fingerprint density at radius 2 is 2.00 bits per heavy atom. The van der Waals surface area contributed by atoms with E-state index in [2.05, 4.69) is 15.5 Å². The Labute approximate surface area is 156 Å². The van der Waals surface area contributed by atoms with Gasteiger partial charge in [0.15, 0.2) is 0 Å². The quantitative estimate of drug-likeness (QED) is 0.789. The van der Waals surface area contributed by atoms with Crippen molar-refractivity contribution in [2.45, 2.75) is 52.0 Å². The number of carboxylic acid groups (broad SMARTS) is 1. The van der Waals surface area contributed by atoms with E-state index in [1.807, 2.05) is 24.7 Å². The molecule has 1 amide bonds. The number of hydrogen-bond donors (Lipinski definition) is 2. The first kappa shape index (κ1) is 17.7. The van der Waals surface area contributed by atoms with Crippen LogP contribution in [-0.4, -0.2) is 48.8 Å². The zero-order valence-corrected chi connectivity index (χ0v) is 15.3. The van der Waals surface area contributed by atoms with Gasteiger partial charge in [0, 0.05) is 24.0 Å². The summed E-state index contributed by atoms with van der Waals surface area (Å²) in [5, 5.41) is 20.9. The number of amides is 1. The largest absolute Gasteiger partial charge is 0.481 e. The van der Waals surface area contributed by atoms with Crippen LogP contribution in [0.4, 0.5) is 5.69 Å². The fourth-order valence-electron chi connectivity index (χ4n) is 4.20. The Morgan fingerprint density at radius 3 is 2.67 bits per heavy atom. The van der Waals surface area contributed by atoms with Crippen LogP contribution in [-0.2, 0) is 27.4 Å². The van der Waals surface area contributed by atoms with Crippen molar-refractivity contribution in [2.24, 2.45) is 11.8 Å². The maximum absolute atomic E-state index is 12.7. The molecule has 9 nitrogen and oxygen atoms in total. The molecule has 2 aromatic rings. The van der Waals surface area contributed by atoms with E-state index in [-0.39, 0.29) is 18.1 Å². The van der Waals surface area contributed by atoms with Crippen molar-refractivity contribution in [3.63, 3.8) is 0 Å². The third-order valence-electron chi connectivity index (χ3n) is 5.60. The summed E-state index contributed by atoms with van der Waals surface area (Å²) in [5.74, 6) is -2.72. The summed E-state index contributed by atoms with van der Waals surface area (Å²) in [6.07, 6.45) is 5.90. The van der Waals surface area contributed by atoms with Crippen LogP contribution in [0.3, 0.4) is 0 Å². The van der Waals surface area contributed by atoms with E-state index in [1.54, 1.807) is 17.1 Å². The van der Waals surface area contributed by atoms with E-state index < -0.39 is 17.8 Å². The molecule has 0 radical (unpaired) electrons. The number of nitrogens with zero attached hydrogens (tertiary/aromatic N) is 4. The van der Waals surface area contributed by atoms with Crippen LogP contribution in [0.2, 0.25) is 0 Å². The standard InChI is InChI=1S/C18H23N5O4/c1-3-23-10(2)11(6-20-23)8-22-9-12(7-19-22)21-17(24)15-13-4-5-14(27-13)16(15)18(25)26/h6-7,9,13-16H,3-5,8H2,1-2H3,(H,21,24)(H,25,26)/t13-,14-,15-,16-/m1/s1. The number of aliphatic carboxylic acids is 1. The number of rotatable bonds is 6. The molecule has 0 spiro atoms. The zero-order valence-electron chi connectivity index (χ0n) is 15.3. The van der Waals surface area contributed by atoms with Gasteiger partial charge in [-0.15, -0.1) is 0 Å². The van der Waals surface area contributed by atoms with E-state index in [0.717, 1.165) is 24.2 Å². The summed E-state index contributed by atoms with van der Waals surface area (Å²) >= 11 is 0. The minimum Gasteiger partial charge on any atom is -0.481 e. The lowest BCUT2D eigenvalue weighted by Crippen LogP contribution is -2.40. The summed E-state index contributed by atoms with van der Waals surface area (Å²) in [6.45, 7) is 5.41. The Morgan fingerprint density at radius 1 is 1.26 bits per heavy atom. The molecule has 2 aliphatic heterocycles. The third kappa shape index (κ3) is 3.12. The number of carbonyl (C=O) groups is 2. The van der Waals surface area contributed by atoms with E-state index in [0.29, 0.717) is 18.7 Å². The van der Waals surface area contributed by atoms with Crippen LogP contribution in [0.25, 0.3) is 0 Å². The normalized spacial score (nSPS) is 26.4. The summed E-state index contributed by atoms with van der Waals surface area (Å²) < 4.78 is 9.30. The highest BCUT2D eigenvalue weighted by Gasteiger charge is 2.55. The fraction of sp³-hybridized carbons (Fsp3) is 0.556. The molecule has 2 fully saturated rings. The van der Waals surface area contributed by atoms with Crippen LogP contribution >= 0.6 is 0 Å². The molecule has 27 heavy (non-hydrogen) atoms. The second kappa shape index (κ2) is 6.80. The number of fused-ring (bicyclic) bond motifs is 2. The van der Waals surface area contributed by atoms with Crippen molar-refractivity contribution in [1.29, 1.82) is 0 Å². The summed E-state index contributed by atoms with van der Waals surface area (Å²) in [4.78, 5) is 24.2. The summed E-state index contributed by atoms with van der Waals surface area (Å²) in [5.41, 5.74) is 2.69. The molecule has 2 aliphatic rings. The van der Waals surface area contributed by atoms with Crippen LogP contribution < -0.4 is 5.32 Å². The summed E-state index contributed by atoms with van der Waals surface area (Å²) in [7, 11) is 0. The van der Waals surface area contributed by atoms with Crippen LogP contribution in [0, 0.1) is 18.8 Å². The highest BCUT2D eigenvalue weighted by atomic mass is 16.5. The average molecular weight is 373 g/mol. The van der Waals surface area contributed by atoms with Gasteiger partial charge >= 0.3 is 5.97 Å². The molecule has 9 heteroatoms. The molecular weight excluding hydrogens is 350 g/mol. The van der Waals surface area contributed by atoms with Crippen LogP contribution in [0.15, 0.2) is 18.6 Å². The highest BCUT2D eigenvalue weighted by molar-refractivity contribution is 5.96. The monoisotopic (exact) mass is 373 g/mol. The number of carboxylic acids is 1. The van der Waals surface area contributed by atoms with E-state index >= 15 is 0 Å². The lowest BCUT2D eigenvalue weighted by atomic mass is 9.78. The number of anilines is 1. The first-order valence-electron chi connectivity index (χ1n) is 9.20. The van der Waals surface area contributed by atoms with Gasteiger partial charge < -0.3 is 15.2 Å². The number of ether oxygens (including phenoxy) is 1. The van der Waals surface area contributed by atoms with E-state index in [1.165, 1.54) is 0 Å². The van der Waals surface area contributed by atoms with Crippen LogP contribution in [0.5, 0.6) is 0 Å². The number of nitrogens with one attached hydrogen (secondary N) is 1. The Kier molecular flexibility index (Phi) is 4.47. The van der Waals surface area contributed by atoms with Crippen molar-refractivity contribution in [1.82, 2.24) is 19.6 Å². The average Bonchev–Trinajstić information content (AvgIpc) is 3.40. The predicted octanol–water partition coefficient (Wildman–Crippen LogP) is 1.27. The third-order valence-corrected chi connectivity index (χ3v) is 5.60. The molecule has 4 heterocycles. The number of aryl methyl sites for hydroxylation is 1. The highest BCUT2D eigenvalue weighted by Crippen LogP contribution is 2.44. The van der Waals surface area contributed by atoms with Gasteiger partial charge in [-0.2, -0.15) is 10.2 Å². The van der Waals surface area contributed by atoms with Gasteiger partial charge in [-0.1, -0.05) is 0 Å². The maximum atomic E-state index is 12.7. The van der Waals surface area contributed by atoms with Crippen molar-refractivity contribution in [2.75, 3.05) is 5.32 Å². The second-order valence-electron chi connectivity index (χ2n) is 7.17. The van der Waals surface area contributed by atoms with Crippen molar-refractivity contribution < 1.29 is 19.4 Å². The molecule has 144 valence electrons. The molecule has 0 saturated carbocycles. The van der Waals surface area contributed by atoms with Gasteiger partial charge in [0.05, 0.1) is 48.7 Å².